The molecule has 3 nitrogen and oxygen atoms in total. The van der Waals surface area contributed by atoms with Gasteiger partial charge in [0.25, 0.3) is 0 Å². The third-order valence-electron chi connectivity index (χ3n) is 3.94. The number of rotatable bonds is 3. The summed E-state index contributed by atoms with van der Waals surface area (Å²) in [5.41, 5.74) is 5.28. The Kier molecular flexibility index (Phi) is 3.47. The van der Waals surface area contributed by atoms with Gasteiger partial charge in [-0.05, 0) is 48.6 Å². The van der Waals surface area contributed by atoms with Gasteiger partial charge in [0.15, 0.2) is 4.34 Å². The third kappa shape index (κ3) is 2.49. The average Bonchev–Trinajstić information content (AvgIpc) is 3.05. The molecule has 108 valence electrons. The number of hydrogen-bond donors (Lipinski definition) is 0. The summed E-state index contributed by atoms with van der Waals surface area (Å²) in [7, 11) is 0. The Hall–Kier alpha value is -1.33. The van der Waals surface area contributed by atoms with E-state index >= 15 is 0 Å². The molecule has 2 heterocycles. The molecule has 21 heavy (non-hydrogen) atoms. The van der Waals surface area contributed by atoms with Crippen LogP contribution in [0.15, 0.2) is 28.7 Å². The summed E-state index contributed by atoms with van der Waals surface area (Å²) in [6, 6.07) is 6.81. The molecule has 0 aliphatic heterocycles. The number of fused-ring (bicyclic) bond motifs is 2. The van der Waals surface area contributed by atoms with Gasteiger partial charge in [0, 0.05) is 5.56 Å². The second-order valence-electron chi connectivity index (χ2n) is 5.34. The van der Waals surface area contributed by atoms with Crippen LogP contribution in [0.3, 0.4) is 0 Å². The number of hydrogen-bond acceptors (Lipinski definition) is 4. The topological polar surface area (TPSA) is 30.2 Å². The van der Waals surface area contributed by atoms with Gasteiger partial charge in [-0.1, -0.05) is 42.2 Å². The van der Waals surface area contributed by atoms with Crippen LogP contribution in [0, 0.1) is 0 Å². The molecule has 0 spiro atoms. The van der Waals surface area contributed by atoms with Crippen molar-refractivity contribution in [1.82, 2.24) is 14.6 Å². The smallest absolute Gasteiger partial charge is 0.213 e. The molecular weight excluding hydrogens is 298 g/mol. The Bertz CT molecular complexity index is 757. The maximum Gasteiger partial charge on any atom is 0.213 e. The summed E-state index contributed by atoms with van der Waals surface area (Å²) >= 11 is 3.44. The van der Waals surface area contributed by atoms with Crippen LogP contribution in [0.2, 0.25) is 0 Å². The molecule has 0 radical (unpaired) electrons. The van der Waals surface area contributed by atoms with E-state index in [1.54, 1.807) is 23.1 Å². The summed E-state index contributed by atoms with van der Waals surface area (Å²) < 4.78 is 3.01. The van der Waals surface area contributed by atoms with Crippen molar-refractivity contribution in [3.8, 4) is 11.3 Å². The molecule has 0 saturated heterocycles. The van der Waals surface area contributed by atoms with Crippen molar-refractivity contribution in [2.45, 2.75) is 36.9 Å². The number of nitrogens with zero attached hydrogens (tertiary/aromatic N) is 3. The Morgan fingerprint density at radius 1 is 1.24 bits per heavy atom. The Morgan fingerprint density at radius 2 is 2.10 bits per heavy atom. The standard InChI is InChI=1S/C16H17N3S2/c1-2-20-16-18-19-10-14(17-15(19)21-16)13-8-7-11-5-3-4-6-12(11)9-13/h7-10H,2-6H2,1H3. The third-order valence-corrected chi connectivity index (χ3v) is 5.87. The molecule has 1 aromatic carbocycles. The molecule has 3 aromatic rings. The fraction of sp³-hybridized carbons (Fsp3) is 0.375. The highest BCUT2D eigenvalue weighted by Crippen LogP contribution is 2.29. The SMILES string of the molecule is CCSc1nn2cc(-c3ccc4c(c3)CCCC4)nc2s1. The first-order valence-corrected chi connectivity index (χ1v) is 9.25. The molecule has 0 atom stereocenters. The van der Waals surface area contributed by atoms with Crippen LogP contribution >= 0.6 is 23.1 Å². The molecule has 0 bridgehead atoms. The van der Waals surface area contributed by atoms with Crippen LogP contribution in [0.25, 0.3) is 16.2 Å². The number of imidazole rings is 1. The van der Waals surface area contributed by atoms with E-state index in [4.69, 9.17) is 4.98 Å². The van der Waals surface area contributed by atoms with E-state index in [9.17, 15) is 0 Å². The summed E-state index contributed by atoms with van der Waals surface area (Å²) in [5.74, 6) is 1.05. The van der Waals surface area contributed by atoms with Crippen molar-refractivity contribution in [3.05, 3.63) is 35.5 Å². The lowest BCUT2D eigenvalue weighted by atomic mass is 9.90. The normalized spacial score (nSPS) is 14.5. The molecule has 2 aromatic heterocycles. The van der Waals surface area contributed by atoms with Gasteiger partial charge in [-0.25, -0.2) is 9.50 Å². The average molecular weight is 315 g/mol. The van der Waals surface area contributed by atoms with Crippen molar-refractivity contribution >= 4 is 28.1 Å². The molecule has 0 amide bonds. The Labute approximate surface area is 132 Å². The fourth-order valence-electron chi connectivity index (χ4n) is 2.90. The second kappa shape index (κ2) is 5.46. The number of benzene rings is 1. The van der Waals surface area contributed by atoms with E-state index in [0.717, 1.165) is 20.7 Å². The summed E-state index contributed by atoms with van der Waals surface area (Å²) in [6.07, 6.45) is 7.13. The van der Waals surface area contributed by atoms with Gasteiger partial charge in [0.05, 0.1) is 11.9 Å². The van der Waals surface area contributed by atoms with Crippen molar-refractivity contribution in [1.29, 1.82) is 0 Å². The van der Waals surface area contributed by atoms with Gasteiger partial charge < -0.3 is 0 Å². The lowest BCUT2D eigenvalue weighted by Gasteiger charge is -2.15. The van der Waals surface area contributed by atoms with Crippen LogP contribution < -0.4 is 0 Å². The molecule has 1 aliphatic carbocycles. The highest BCUT2D eigenvalue weighted by atomic mass is 32.2. The molecule has 0 N–H and O–H groups in total. The van der Waals surface area contributed by atoms with Gasteiger partial charge in [-0.3, -0.25) is 0 Å². The summed E-state index contributed by atoms with van der Waals surface area (Å²) in [6.45, 7) is 2.15. The zero-order chi connectivity index (χ0) is 14.2. The maximum atomic E-state index is 4.74. The lowest BCUT2D eigenvalue weighted by Crippen LogP contribution is -2.02. The molecular formula is C16H17N3S2. The number of aryl methyl sites for hydroxylation is 2. The molecule has 5 heteroatoms. The first-order valence-electron chi connectivity index (χ1n) is 7.44. The minimum Gasteiger partial charge on any atom is -0.217 e. The van der Waals surface area contributed by atoms with E-state index in [-0.39, 0.29) is 0 Å². The van der Waals surface area contributed by atoms with Gasteiger partial charge in [0.2, 0.25) is 4.96 Å². The van der Waals surface area contributed by atoms with E-state index < -0.39 is 0 Å². The first-order chi connectivity index (χ1) is 10.3. The van der Waals surface area contributed by atoms with Gasteiger partial charge in [0.1, 0.15) is 0 Å². The van der Waals surface area contributed by atoms with Crippen LogP contribution in [-0.2, 0) is 12.8 Å². The molecule has 0 saturated carbocycles. The summed E-state index contributed by atoms with van der Waals surface area (Å²) in [4.78, 5) is 5.73. The van der Waals surface area contributed by atoms with E-state index in [2.05, 4.69) is 36.4 Å². The van der Waals surface area contributed by atoms with Gasteiger partial charge >= 0.3 is 0 Å². The summed E-state index contributed by atoms with van der Waals surface area (Å²) in [5, 5.41) is 4.57. The predicted octanol–water partition coefficient (Wildman–Crippen LogP) is 4.45. The van der Waals surface area contributed by atoms with E-state index in [1.165, 1.54) is 42.4 Å². The fourth-order valence-corrected chi connectivity index (χ4v) is 4.72. The van der Waals surface area contributed by atoms with Crippen molar-refractivity contribution in [3.63, 3.8) is 0 Å². The van der Waals surface area contributed by atoms with Crippen molar-refractivity contribution < 1.29 is 0 Å². The molecule has 0 unspecified atom stereocenters. The highest BCUT2D eigenvalue weighted by molar-refractivity contribution is 8.01. The van der Waals surface area contributed by atoms with Crippen molar-refractivity contribution in [2.75, 3.05) is 5.75 Å². The minimum atomic E-state index is 0.985. The number of thioether (sulfide) groups is 1. The van der Waals surface area contributed by atoms with Crippen LogP contribution in [0.1, 0.15) is 30.9 Å². The molecule has 4 rings (SSSR count). The lowest BCUT2D eigenvalue weighted by molar-refractivity contribution is 0.686. The molecule has 0 fully saturated rings. The largest absolute Gasteiger partial charge is 0.217 e. The first kappa shape index (κ1) is 13.3. The number of aromatic nitrogens is 3. The van der Waals surface area contributed by atoms with Crippen LogP contribution in [0.5, 0.6) is 0 Å². The Balaban J connectivity index is 1.70. The van der Waals surface area contributed by atoms with Gasteiger partial charge in [-0.2, -0.15) is 0 Å². The van der Waals surface area contributed by atoms with E-state index in [0.29, 0.717) is 0 Å². The monoisotopic (exact) mass is 315 g/mol. The second-order valence-corrected chi connectivity index (χ2v) is 7.81. The van der Waals surface area contributed by atoms with Crippen LogP contribution in [-0.4, -0.2) is 20.4 Å². The zero-order valence-electron chi connectivity index (χ0n) is 12.0. The van der Waals surface area contributed by atoms with E-state index in [1.807, 2.05) is 4.52 Å². The highest BCUT2D eigenvalue weighted by Gasteiger charge is 2.13. The quantitative estimate of drug-likeness (QED) is 0.669. The maximum absolute atomic E-state index is 4.74. The van der Waals surface area contributed by atoms with Gasteiger partial charge in [-0.15, -0.1) is 5.10 Å². The minimum absolute atomic E-state index is 0.985. The molecule has 1 aliphatic rings. The predicted molar refractivity (Wildman–Crippen MR) is 89.3 cm³/mol. The Morgan fingerprint density at radius 3 is 2.90 bits per heavy atom. The van der Waals surface area contributed by atoms with Crippen molar-refractivity contribution in [2.24, 2.45) is 0 Å². The van der Waals surface area contributed by atoms with Crippen LogP contribution in [0.4, 0.5) is 0 Å². The zero-order valence-corrected chi connectivity index (χ0v) is 13.6.